The number of carbonyl (C=O) groups is 1. The smallest absolute Gasteiger partial charge is 0.268 e. The van der Waals surface area contributed by atoms with Crippen LogP contribution >= 0.6 is 19.0 Å². The van der Waals surface area contributed by atoms with Crippen molar-refractivity contribution < 1.29 is 13.9 Å². The number of hydrogen-bond donors (Lipinski definition) is 2. The van der Waals surface area contributed by atoms with Crippen LogP contribution in [-0.2, 0) is 15.6 Å². The minimum absolute atomic E-state index is 0.0917. The third kappa shape index (κ3) is 4.85. The summed E-state index contributed by atoms with van der Waals surface area (Å²) in [5.41, 5.74) is 2.59. The zero-order valence-corrected chi connectivity index (χ0v) is 21.0. The van der Waals surface area contributed by atoms with Crippen LogP contribution in [-0.4, -0.2) is 28.0 Å². The van der Waals surface area contributed by atoms with Crippen LogP contribution in [0.1, 0.15) is 41.4 Å². The first-order valence-electron chi connectivity index (χ1n) is 10.8. The van der Waals surface area contributed by atoms with E-state index in [9.17, 15) is 9.36 Å². The van der Waals surface area contributed by atoms with E-state index in [0.29, 0.717) is 32.5 Å². The Morgan fingerprint density at radius 1 is 1.23 bits per heavy atom. The van der Waals surface area contributed by atoms with E-state index in [4.69, 9.17) is 22.7 Å². The monoisotopic (exact) mass is 507 g/mol. The molecule has 2 N–H and O–H groups in total. The maximum atomic E-state index is 14.6. The summed E-state index contributed by atoms with van der Waals surface area (Å²) in [7, 11) is -2.50. The second-order valence-electron chi connectivity index (χ2n) is 8.25. The van der Waals surface area contributed by atoms with Gasteiger partial charge in [-0.1, -0.05) is 37.1 Å². The molecule has 0 saturated heterocycles. The number of aromatic nitrogens is 3. The number of H-pyrrole nitrogens is 1. The summed E-state index contributed by atoms with van der Waals surface area (Å²) in [6.07, 6.45) is 4.60. The molecule has 0 bridgehead atoms. The molecule has 2 aromatic heterocycles. The molecule has 35 heavy (non-hydrogen) atoms. The molecule has 0 aliphatic heterocycles. The number of nitrogens with one attached hydrogen (secondary N) is 2. The number of nitrogens with zero attached hydrogens (tertiary/aromatic N) is 3. The van der Waals surface area contributed by atoms with E-state index in [0.717, 1.165) is 5.56 Å². The van der Waals surface area contributed by atoms with Crippen LogP contribution in [0.4, 0.5) is 5.69 Å². The predicted octanol–water partition coefficient (Wildman–Crippen LogP) is 5.09. The van der Waals surface area contributed by atoms with Crippen LogP contribution in [0.2, 0.25) is 5.02 Å². The fraction of sp³-hybridized carbons (Fsp3) is 0.200. The second kappa shape index (κ2) is 10.0. The van der Waals surface area contributed by atoms with Crippen molar-refractivity contribution in [1.29, 1.82) is 0 Å². The molecule has 0 saturated carbocycles. The fourth-order valence-corrected chi connectivity index (χ4v) is 6.22. The van der Waals surface area contributed by atoms with Gasteiger partial charge in [-0.05, 0) is 36.2 Å². The fourth-order valence-electron chi connectivity index (χ4n) is 3.82. The van der Waals surface area contributed by atoms with Gasteiger partial charge in [-0.25, -0.2) is 14.8 Å². The van der Waals surface area contributed by atoms with Gasteiger partial charge >= 0.3 is 0 Å². The van der Waals surface area contributed by atoms with E-state index < -0.39 is 13.3 Å². The van der Waals surface area contributed by atoms with Crippen molar-refractivity contribution in [1.82, 2.24) is 20.3 Å². The Labute approximate surface area is 208 Å². The Balaban J connectivity index is 1.90. The summed E-state index contributed by atoms with van der Waals surface area (Å²) < 4.78 is 20.3. The summed E-state index contributed by atoms with van der Waals surface area (Å²) >= 11 is 6.28. The van der Waals surface area contributed by atoms with Gasteiger partial charge in [-0.3, -0.25) is 9.36 Å². The minimum Gasteiger partial charge on any atom is -0.350 e. The van der Waals surface area contributed by atoms with E-state index in [2.05, 4.69) is 25.1 Å². The lowest BCUT2D eigenvalue weighted by atomic mass is 10.0. The van der Waals surface area contributed by atoms with Crippen LogP contribution in [0.5, 0.6) is 0 Å². The number of amides is 1. The number of fused-ring (bicyclic) bond motifs is 1. The zero-order valence-electron chi connectivity index (χ0n) is 19.4. The van der Waals surface area contributed by atoms with E-state index in [1.165, 1.54) is 13.4 Å². The third-order valence-electron chi connectivity index (χ3n) is 5.64. The Bertz CT molecular complexity index is 1490. The van der Waals surface area contributed by atoms with Gasteiger partial charge in [0.2, 0.25) is 0 Å². The summed E-state index contributed by atoms with van der Waals surface area (Å²) in [6.45, 7) is 11.7. The SMILES string of the molecule is [C-]#[N+]c1cc(C(C)C)cc(P(=O)(OC)c2c(C(=O)NCc3cncnc3)[nH]c3ccc(Cl)cc23)c1. The third-order valence-corrected chi connectivity index (χ3v) is 8.38. The molecule has 4 aromatic rings. The highest BCUT2D eigenvalue weighted by Crippen LogP contribution is 2.48. The van der Waals surface area contributed by atoms with Gasteiger partial charge in [0.25, 0.3) is 13.3 Å². The number of hydrogen-bond acceptors (Lipinski definition) is 5. The molecule has 0 spiro atoms. The molecule has 0 radical (unpaired) electrons. The lowest BCUT2D eigenvalue weighted by Crippen LogP contribution is -2.30. The number of carbonyl (C=O) groups excluding carboxylic acids is 1. The topological polar surface area (TPSA) is 101 Å². The van der Waals surface area contributed by atoms with Crippen molar-refractivity contribution in [2.45, 2.75) is 26.3 Å². The molecular weight excluding hydrogens is 485 g/mol. The molecule has 178 valence electrons. The number of benzene rings is 2. The van der Waals surface area contributed by atoms with E-state index >= 15 is 0 Å². The van der Waals surface area contributed by atoms with Gasteiger partial charge < -0.3 is 14.8 Å². The Morgan fingerprint density at radius 3 is 2.63 bits per heavy atom. The molecule has 1 unspecified atom stereocenters. The first-order valence-corrected chi connectivity index (χ1v) is 12.8. The van der Waals surface area contributed by atoms with Gasteiger partial charge in [-0.15, -0.1) is 0 Å². The quantitative estimate of drug-likeness (QED) is 0.268. The highest BCUT2D eigenvalue weighted by atomic mass is 35.5. The standard InChI is InChI=1S/C25H23ClN5O3P/c1-15(2)17-7-19(27-3)10-20(8-17)35(33,34-4)24-21-9-18(26)5-6-22(21)31-23(24)25(32)30-13-16-11-28-14-29-12-16/h5-12,14-15,31H,13H2,1-2,4H3,(H,30,32). The predicted molar refractivity (Wildman–Crippen MR) is 137 cm³/mol. The van der Waals surface area contributed by atoms with Crippen molar-refractivity contribution in [3.63, 3.8) is 0 Å². The van der Waals surface area contributed by atoms with E-state index in [1.807, 2.05) is 13.8 Å². The Kier molecular flexibility index (Phi) is 7.04. The molecule has 2 aromatic carbocycles. The molecule has 0 aliphatic rings. The Hall–Kier alpha value is -3.50. The molecule has 0 aliphatic carbocycles. The van der Waals surface area contributed by atoms with Gasteiger partial charge in [0, 0.05) is 52.8 Å². The van der Waals surface area contributed by atoms with E-state index in [1.54, 1.807) is 48.8 Å². The maximum Gasteiger partial charge on any atom is 0.268 e. The first-order chi connectivity index (χ1) is 16.8. The van der Waals surface area contributed by atoms with Gasteiger partial charge in [-0.2, -0.15) is 0 Å². The lowest BCUT2D eigenvalue weighted by molar-refractivity contribution is 0.0947. The second-order valence-corrected chi connectivity index (χ2v) is 11.1. The minimum atomic E-state index is -3.84. The van der Waals surface area contributed by atoms with Crippen LogP contribution < -0.4 is 15.9 Å². The summed E-state index contributed by atoms with van der Waals surface area (Å²) in [4.78, 5) is 27.9. The molecule has 0 fully saturated rings. The van der Waals surface area contributed by atoms with Crippen LogP contribution in [0.15, 0.2) is 55.1 Å². The van der Waals surface area contributed by atoms with Gasteiger partial charge in [0.05, 0.1) is 11.9 Å². The van der Waals surface area contributed by atoms with Crippen molar-refractivity contribution >= 4 is 52.1 Å². The van der Waals surface area contributed by atoms with Gasteiger partial charge in [0.1, 0.15) is 12.0 Å². The molecule has 8 nitrogen and oxygen atoms in total. The van der Waals surface area contributed by atoms with Gasteiger partial charge in [0.15, 0.2) is 5.69 Å². The van der Waals surface area contributed by atoms with E-state index in [-0.39, 0.29) is 23.5 Å². The highest BCUT2D eigenvalue weighted by molar-refractivity contribution is 7.75. The highest BCUT2D eigenvalue weighted by Gasteiger charge is 2.36. The zero-order chi connectivity index (χ0) is 25.2. The largest absolute Gasteiger partial charge is 0.350 e. The van der Waals surface area contributed by atoms with Crippen molar-refractivity contribution in [3.8, 4) is 0 Å². The number of rotatable bonds is 7. The molecule has 1 amide bonds. The summed E-state index contributed by atoms with van der Waals surface area (Å²) in [6, 6.07) is 10.1. The average molecular weight is 508 g/mol. The maximum absolute atomic E-state index is 14.6. The van der Waals surface area contributed by atoms with Crippen molar-refractivity contribution in [2.75, 3.05) is 7.11 Å². The average Bonchev–Trinajstić information content (AvgIpc) is 3.26. The lowest BCUT2D eigenvalue weighted by Gasteiger charge is -2.20. The van der Waals surface area contributed by atoms with Crippen LogP contribution in [0, 0.1) is 6.57 Å². The first kappa shape index (κ1) is 24.6. The number of halogens is 1. The molecule has 10 heteroatoms. The van der Waals surface area contributed by atoms with Crippen LogP contribution in [0.3, 0.4) is 0 Å². The summed E-state index contributed by atoms with van der Waals surface area (Å²) in [5.74, 6) is -0.382. The molecule has 1 atom stereocenters. The summed E-state index contributed by atoms with van der Waals surface area (Å²) in [5, 5.41) is 4.30. The number of aromatic amines is 1. The molecule has 2 heterocycles. The molecule has 4 rings (SSSR count). The van der Waals surface area contributed by atoms with Crippen LogP contribution in [0.25, 0.3) is 15.7 Å². The Morgan fingerprint density at radius 2 is 1.97 bits per heavy atom. The normalized spacial score (nSPS) is 12.9. The van der Waals surface area contributed by atoms with Crippen molar-refractivity contribution in [2.24, 2.45) is 0 Å². The molecular formula is C25H23ClN5O3P. The van der Waals surface area contributed by atoms with Crippen molar-refractivity contribution in [3.05, 3.63) is 88.4 Å².